The summed E-state index contributed by atoms with van der Waals surface area (Å²) in [5, 5.41) is 14.3. The minimum absolute atomic E-state index is 0.0164. The number of nitrogens with one attached hydrogen (secondary N) is 2. The van der Waals surface area contributed by atoms with Gasteiger partial charge in [-0.25, -0.2) is 14.1 Å². The number of benzene rings is 1. The van der Waals surface area contributed by atoms with Crippen molar-refractivity contribution in [1.82, 2.24) is 25.6 Å². The van der Waals surface area contributed by atoms with Gasteiger partial charge in [-0.15, -0.1) is 5.10 Å². The molecule has 2 rings (SSSR count). The Balaban J connectivity index is 1.89. The highest BCUT2D eigenvalue weighted by atomic mass is 19.1. The van der Waals surface area contributed by atoms with Gasteiger partial charge in [0.05, 0.1) is 19.9 Å². The van der Waals surface area contributed by atoms with Crippen molar-refractivity contribution in [2.24, 2.45) is 4.99 Å². The maximum atomic E-state index is 13.2. The molecule has 0 fully saturated rings. The van der Waals surface area contributed by atoms with Gasteiger partial charge in [0.2, 0.25) is 0 Å². The molecule has 0 saturated carbocycles. The number of carbonyl (C=O) groups excluding carboxylic acids is 1. The summed E-state index contributed by atoms with van der Waals surface area (Å²) in [5.41, 5.74) is 2.66. The highest BCUT2D eigenvalue weighted by Gasteiger charge is 2.06. The molecule has 0 saturated heterocycles. The molecule has 146 valence electrons. The molecule has 9 heteroatoms. The summed E-state index contributed by atoms with van der Waals surface area (Å²) in [6.45, 7) is 5.60. The van der Waals surface area contributed by atoms with Crippen LogP contribution in [-0.4, -0.2) is 47.1 Å². The van der Waals surface area contributed by atoms with Gasteiger partial charge in [0.25, 0.3) is 0 Å². The van der Waals surface area contributed by atoms with E-state index in [2.05, 4.69) is 30.7 Å². The van der Waals surface area contributed by atoms with Crippen LogP contribution in [0.25, 0.3) is 0 Å². The number of aromatic nitrogens is 3. The van der Waals surface area contributed by atoms with Gasteiger partial charge in [-0.05, 0) is 43.5 Å². The summed E-state index contributed by atoms with van der Waals surface area (Å²) < 4.78 is 19.2. The third kappa shape index (κ3) is 6.69. The van der Waals surface area contributed by atoms with Gasteiger partial charge in [0, 0.05) is 13.1 Å². The summed E-state index contributed by atoms with van der Waals surface area (Å²) in [6, 6.07) is 4.81. The molecule has 0 unspecified atom stereocenters. The van der Waals surface area contributed by atoms with Crippen LogP contribution in [-0.2, 0) is 29.0 Å². The van der Waals surface area contributed by atoms with Crippen molar-refractivity contribution in [3.05, 3.63) is 47.0 Å². The maximum Gasteiger partial charge on any atom is 0.327 e. The first-order valence-electron chi connectivity index (χ1n) is 8.74. The van der Waals surface area contributed by atoms with Crippen LogP contribution < -0.4 is 10.6 Å². The largest absolute Gasteiger partial charge is 0.468 e. The number of hydrogen-bond donors (Lipinski definition) is 2. The Kier molecular flexibility index (Phi) is 7.72. The number of rotatable bonds is 8. The predicted octanol–water partition coefficient (Wildman–Crippen LogP) is 1.20. The molecule has 2 N–H and O–H groups in total. The second-order valence-electron chi connectivity index (χ2n) is 5.93. The fourth-order valence-electron chi connectivity index (χ4n) is 2.44. The van der Waals surface area contributed by atoms with E-state index in [0.717, 1.165) is 24.1 Å². The van der Waals surface area contributed by atoms with Crippen molar-refractivity contribution < 1.29 is 13.9 Å². The number of hydrogen-bond acceptors (Lipinski definition) is 5. The van der Waals surface area contributed by atoms with Crippen LogP contribution in [0.3, 0.4) is 0 Å². The number of nitrogens with zero attached hydrogens (tertiary/aromatic N) is 4. The van der Waals surface area contributed by atoms with Crippen LogP contribution in [0.1, 0.15) is 23.7 Å². The van der Waals surface area contributed by atoms with Crippen molar-refractivity contribution in [3.8, 4) is 0 Å². The lowest BCUT2D eigenvalue weighted by atomic mass is 10.1. The highest BCUT2D eigenvalue weighted by molar-refractivity contribution is 5.79. The molecule has 0 aliphatic heterocycles. The smallest absolute Gasteiger partial charge is 0.327 e. The van der Waals surface area contributed by atoms with E-state index in [0.29, 0.717) is 24.7 Å². The molecule has 0 aliphatic carbocycles. The standard InChI is InChI=1S/C18H25FN6O2/c1-4-20-18(21-8-7-14-5-6-15(19)9-13(14)2)22-10-16-11-25(24-23-16)12-17(26)27-3/h5-6,9,11H,4,7-8,10,12H2,1-3H3,(H2,20,21,22). The van der Waals surface area contributed by atoms with Crippen molar-refractivity contribution in [2.45, 2.75) is 33.4 Å². The predicted molar refractivity (Wildman–Crippen MR) is 99.7 cm³/mol. The van der Waals surface area contributed by atoms with Gasteiger partial charge in [-0.3, -0.25) is 4.79 Å². The number of ether oxygens (including phenoxy) is 1. The average Bonchev–Trinajstić information content (AvgIpc) is 3.08. The third-order valence-electron chi connectivity index (χ3n) is 3.84. The van der Waals surface area contributed by atoms with Crippen molar-refractivity contribution in [2.75, 3.05) is 20.2 Å². The molecule has 0 amide bonds. The van der Waals surface area contributed by atoms with Gasteiger partial charge < -0.3 is 15.4 Å². The molecule has 0 aliphatic rings. The molecule has 0 bridgehead atoms. The van der Waals surface area contributed by atoms with Crippen LogP contribution in [0.4, 0.5) is 4.39 Å². The van der Waals surface area contributed by atoms with E-state index in [1.54, 1.807) is 12.3 Å². The van der Waals surface area contributed by atoms with E-state index in [4.69, 9.17) is 0 Å². The quantitative estimate of drug-likeness (QED) is 0.408. The van der Waals surface area contributed by atoms with Crippen LogP contribution in [0.2, 0.25) is 0 Å². The normalized spacial score (nSPS) is 11.3. The molecule has 1 aromatic heterocycles. The number of esters is 1. The zero-order valence-corrected chi connectivity index (χ0v) is 15.8. The lowest BCUT2D eigenvalue weighted by Gasteiger charge is -2.12. The van der Waals surface area contributed by atoms with Gasteiger partial charge in [0.1, 0.15) is 18.1 Å². The molecule has 27 heavy (non-hydrogen) atoms. The molecule has 1 aromatic carbocycles. The molecule has 0 atom stereocenters. The second kappa shape index (κ2) is 10.2. The number of aryl methyl sites for hydroxylation is 1. The van der Waals surface area contributed by atoms with Crippen molar-refractivity contribution in [3.63, 3.8) is 0 Å². The number of aliphatic imine (C=N–C) groups is 1. The Morgan fingerprint density at radius 1 is 1.37 bits per heavy atom. The van der Waals surface area contributed by atoms with E-state index in [-0.39, 0.29) is 18.3 Å². The number of methoxy groups -OCH3 is 1. The number of halogens is 1. The Bertz CT molecular complexity index is 790. The lowest BCUT2D eigenvalue weighted by molar-refractivity contribution is -0.141. The Morgan fingerprint density at radius 2 is 2.19 bits per heavy atom. The Labute approximate surface area is 157 Å². The van der Waals surface area contributed by atoms with E-state index in [9.17, 15) is 9.18 Å². The van der Waals surface area contributed by atoms with Crippen LogP contribution >= 0.6 is 0 Å². The van der Waals surface area contributed by atoms with Gasteiger partial charge in [-0.2, -0.15) is 0 Å². The molecule has 8 nitrogen and oxygen atoms in total. The molecular formula is C18H25FN6O2. The fraction of sp³-hybridized carbons (Fsp3) is 0.444. The molecule has 0 spiro atoms. The van der Waals surface area contributed by atoms with E-state index in [1.807, 2.05) is 13.8 Å². The maximum absolute atomic E-state index is 13.2. The van der Waals surface area contributed by atoms with Crippen molar-refractivity contribution in [1.29, 1.82) is 0 Å². The summed E-state index contributed by atoms with van der Waals surface area (Å²) >= 11 is 0. The van der Waals surface area contributed by atoms with Gasteiger partial charge >= 0.3 is 5.97 Å². The molecule has 1 heterocycles. The second-order valence-corrected chi connectivity index (χ2v) is 5.93. The van der Waals surface area contributed by atoms with Gasteiger partial charge in [0.15, 0.2) is 5.96 Å². The van der Waals surface area contributed by atoms with Crippen LogP contribution in [0.5, 0.6) is 0 Å². The Hall–Kier alpha value is -2.97. The Morgan fingerprint density at radius 3 is 2.89 bits per heavy atom. The zero-order chi connectivity index (χ0) is 19.6. The summed E-state index contributed by atoms with van der Waals surface area (Å²) in [7, 11) is 1.33. The zero-order valence-electron chi connectivity index (χ0n) is 15.8. The first-order chi connectivity index (χ1) is 13.0. The fourth-order valence-corrected chi connectivity index (χ4v) is 2.44. The first kappa shape index (κ1) is 20.3. The topological polar surface area (TPSA) is 93.4 Å². The summed E-state index contributed by atoms with van der Waals surface area (Å²) in [4.78, 5) is 15.7. The molecular weight excluding hydrogens is 351 g/mol. The van der Waals surface area contributed by atoms with E-state index in [1.165, 1.54) is 23.9 Å². The van der Waals surface area contributed by atoms with Crippen LogP contribution in [0, 0.1) is 12.7 Å². The SMILES string of the molecule is CCNC(=NCc1cn(CC(=O)OC)nn1)NCCc1ccc(F)cc1C. The van der Waals surface area contributed by atoms with E-state index >= 15 is 0 Å². The number of carbonyl (C=O) groups is 1. The molecule has 2 aromatic rings. The van der Waals surface area contributed by atoms with Gasteiger partial charge in [-0.1, -0.05) is 11.3 Å². The monoisotopic (exact) mass is 376 g/mol. The average molecular weight is 376 g/mol. The minimum atomic E-state index is -0.388. The lowest BCUT2D eigenvalue weighted by Crippen LogP contribution is -2.38. The molecule has 0 radical (unpaired) electrons. The number of guanidine groups is 1. The minimum Gasteiger partial charge on any atom is -0.468 e. The highest BCUT2D eigenvalue weighted by Crippen LogP contribution is 2.10. The first-order valence-corrected chi connectivity index (χ1v) is 8.74. The van der Waals surface area contributed by atoms with E-state index < -0.39 is 0 Å². The van der Waals surface area contributed by atoms with Crippen LogP contribution in [0.15, 0.2) is 29.4 Å². The summed E-state index contributed by atoms with van der Waals surface area (Å²) in [5.74, 6) is 0.0418. The summed E-state index contributed by atoms with van der Waals surface area (Å²) in [6.07, 6.45) is 2.41. The third-order valence-corrected chi connectivity index (χ3v) is 3.84. The van der Waals surface area contributed by atoms with Crippen molar-refractivity contribution >= 4 is 11.9 Å².